The van der Waals surface area contributed by atoms with Crippen LogP contribution in [0.1, 0.15) is 29.0 Å². The van der Waals surface area contributed by atoms with E-state index >= 15 is 0 Å². The van der Waals surface area contributed by atoms with Gasteiger partial charge in [-0.15, -0.1) is 11.8 Å². The molecular formula is C12H13N3OS2. The maximum atomic E-state index is 11.9. The van der Waals surface area contributed by atoms with Gasteiger partial charge in [0.25, 0.3) is 0 Å². The number of anilines is 1. The molecule has 1 aliphatic rings. The highest BCUT2D eigenvalue weighted by Gasteiger charge is 2.32. The lowest BCUT2D eigenvalue weighted by atomic mass is 10.1. The van der Waals surface area contributed by atoms with E-state index in [1.807, 2.05) is 13.8 Å². The van der Waals surface area contributed by atoms with E-state index in [1.165, 1.54) is 5.56 Å². The molecule has 0 radical (unpaired) electrons. The number of H-pyrrole nitrogens is 1. The maximum Gasteiger partial charge on any atom is 0.238 e. The number of amides is 1. The highest BCUT2D eigenvalue weighted by atomic mass is 32.2. The van der Waals surface area contributed by atoms with Gasteiger partial charge in [-0.3, -0.25) is 9.89 Å². The topological polar surface area (TPSA) is 57.8 Å². The molecule has 0 saturated heterocycles. The maximum absolute atomic E-state index is 11.9. The van der Waals surface area contributed by atoms with E-state index in [0.29, 0.717) is 5.82 Å². The summed E-state index contributed by atoms with van der Waals surface area (Å²) in [5.74, 6) is 0.691. The molecule has 18 heavy (non-hydrogen) atoms. The standard InChI is InChI=1S/C12H13N3OS2/c1-6-9-10(8-3-4-17-5-8)18-7(2)12(16)13-11(9)15-14-6/h3-5,7,10H,1-2H3,(H2,13,14,15,16)/t7-,10+/m0/s1. The predicted molar refractivity (Wildman–Crippen MR) is 75.2 cm³/mol. The fourth-order valence-corrected chi connectivity index (χ4v) is 4.17. The molecule has 2 atom stereocenters. The number of carbonyl (C=O) groups is 1. The summed E-state index contributed by atoms with van der Waals surface area (Å²) in [5.41, 5.74) is 3.35. The number of hydrogen-bond donors (Lipinski definition) is 2. The van der Waals surface area contributed by atoms with E-state index < -0.39 is 0 Å². The van der Waals surface area contributed by atoms with Crippen molar-refractivity contribution < 1.29 is 4.79 Å². The Morgan fingerprint density at radius 2 is 2.28 bits per heavy atom. The van der Waals surface area contributed by atoms with Gasteiger partial charge in [0.2, 0.25) is 5.91 Å². The average Bonchev–Trinajstić information content (AvgIpc) is 2.95. The van der Waals surface area contributed by atoms with Crippen LogP contribution in [0.25, 0.3) is 0 Å². The average molecular weight is 279 g/mol. The Labute approximate surface area is 113 Å². The molecule has 94 valence electrons. The van der Waals surface area contributed by atoms with Crippen LogP contribution >= 0.6 is 23.1 Å². The largest absolute Gasteiger partial charge is 0.308 e. The number of fused-ring (bicyclic) bond motifs is 1. The smallest absolute Gasteiger partial charge is 0.238 e. The molecule has 2 aromatic rings. The van der Waals surface area contributed by atoms with Gasteiger partial charge in [0.15, 0.2) is 5.82 Å². The van der Waals surface area contributed by atoms with Crippen molar-refractivity contribution in [1.82, 2.24) is 10.2 Å². The summed E-state index contributed by atoms with van der Waals surface area (Å²) in [4.78, 5) is 11.9. The summed E-state index contributed by atoms with van der Waals surface area (Å²) in [6.07, 6.45) is 0. The Hall–Kier alpha value is -1.27. The number of thiophene rings is 1. The highest BCUT2D eigenvalue weighted by Crippen LogP contribution is 2.45. The predicted octanol–water partition coefficient (Wildman–Crippen LogP) is 2.94. The number of carbonyl (C=O) groups excluding carboxylic acids is 1. The first-order chi connectivity index (χ1) is 8.66. The van der Waals surface area contributed by atoms with Crippen molar-refractivity contribution in [2.45, 2.75) is 24.3 Å². The molecular weight excluding hydrogens is 266 g/mol. The minimum absolute atomic E-state index is 0.0190. The second-order valence-electron chi connectivity index (χ2n) is 4.32. The number of hydrogen-bond acceptors (Lipinski definition) is 4. The van der Waals surface area contributed by atoms with Gasteiger partial charge in [0.1, 0.15) is 0 Å². The van der Waals surface area contributed by atoms with Gasteiger partial charge < -0.3 is 5.32 Å². The van der Waals surface area contributed by atoms with Crippen LogP contribution in [0.4, 0.5) is 5.82 Å². The van der Waals surface area contributed by atoms with E-state index in [9.17, 15) is 4.79 Å². The zero-order chi connectivity index (χ0) is 12.7. The molecule has 0 aliphatic carbocycles. The molecule has 3 rings (SSSR count). The molecule has 0 bridgehead atoms. The monoisotopic (exact) mass is 279 g/mol. The second kappa shape index (κ2) is 4.44. The second-order valence-corrected chi connectivity index (χ2v) is 6.55. The molecule has 1 aliphatic heterocycles. The van der Waals surface area contributed by atoms with E-state index in [-0.39, 0.29) is 16.4 Å². The molecule has 0 spiro atoms. The summed E-state index contributed by atoms with van der Waals surface area (Å²) in [7, 11) is 0. The van der Waals surface area contributed by atoms with E-state index in [4.69, 9.17) is 0 Å². The van der Waals surface area contributed by atoms with Crippen molar-refractivity contribution in [3.05, 3.63) is 33.6 Å². The first-order valence-corrected chi connectivity index (χ1v) is 7.58. The van der Waals surface area contributed by atoms with Crippen molar-refractivity contribution >= 4 is 34.8 Å². The van der Waals surface area contributed by atoms with Crippen LogP contribution in [-0.2, 0) is 4.79 Å². The van der Waals surface area contributed by atoms with Gasteiger partial charge in [0.05, 0.1) is 10.5 Å². The van der Waals surface area contributed by atoms with Gasteiger partial charge in [-0.25, -0.2) is 0 Å². The summed E-state index contributed by atoms with van der Waals surface area (Å²) in [6, 6.07) is 2.11. The third-order valence-corrected chi connectivity index (χ3v) is 5.16. The fourth-order valence-electron chi connectivity index (χ4n) is 2.08. The Kier molecular flexibility index (Phi) is 2.91. The van der Waals surface area contributed by atoms with Crippen LogP contribution < -0.4 is 5.32 Å². The molecule has 0 fully saturated rings. The van der Waals surface area contributed by atoms with Gasteiger partial charge in [-0.2, -0.15) is 16.4 Å². The molecule has 2 aromatic heterocycles. The van der Waals surface area contributed by atoms with Crippen molar-refractivity contribution in [2.24, 2.45) is 0 Å². The van der Waals surface area contributed by atoms with Crippen LogP contribution in [-0.4, -0.2) is 21.4 Å². The number of rotatable bonds is 1. The van der Waals surface area contributed by atoms with E-state index in [1.54, 1.807) is 23.1 Å². The quantitative estimate of drug-likeness (QED) is 0.844. The first kappa shape index (κ1) is 11.8. The molecule has 2 N–H and O–H groups in total. The number of aryl methyl sites for hydroxylation is 1. The Morgan fingerprint density at radius 3 is 3.00 bits per heavy atom. The van der Waals surface area contributed by atoms with Crippen molar-refractivity contribution in [1.29, 1.82) is 0 Å². The van der Waals surface area contributed by atoms with Crippen molar-refractivity contribution in [3.63, 3.8) is 0 Å². The number of nitrogens with one attached hydrogen (secondary N) is 2. The number of nitrogens with zero attached hydrogens (tertiary/aromatic N) is 1. The summed E-state index contributed by atoms with van der Waals surface area (Å²) < 4.78 is 0. The van der Waals surface area contributed by atoms with Crippen LogP contribution in [0.3, 0.4) is 0 Å². The van der Waals surface area contributed by atoms with E-state index in [2.05, 4.69) is 32.3 Å². The minimum atomic E-state index is -0.0801. The molecule has 0 unspecified atom stereocenters. The molecule has 0 saturated carbocycles. The first-order valence-electron chi connectivity index (χ1n) is 5.70. The zero-order valence-corrected chi connectivity index (χ0v) is 11.7. The van der Waals surface area contributed by atoms with Gasteiger partial charge in [-0.05, 0) is 36.2 Å². The SMILES string of the molecule is Cc1[nH]nc2c1[C@@H](c1ccsc1)S[C@@H](C)C(=O)N2. The normalized spacial score (nSPS) is 23.3. The number of thioether (sulfide) groups is 1. The van der Waals surface area contributed by atoms with Crippen LogP contribution in [0.5, 0.6) is 0 Å². The lowest BCUT2D eigenvalue weighted by molar-refractivity contribution is -0.115. The molecule has 0 aromatic carbocycles. The Morgan fingerprint density at radius 1 is 1.44 bits per heavy atom. The van der Waals surface area contributed by atoms with Crippen LogP contribution in [0, 0.1) is 6.92 Å². The lowest BCUT2D eigenvalue weighted by Gasteiger charge is -2.15. The third-order valence-electron chi connectivity index (χ3n) is 3.05. The Bertz CT molecular complexity index is 576. The summed E-state index contributed by atoms with van der Waals surface area (Å²) >= 11 is 3.35. The van der Waals surface area contributed by atoms with Gasteiger partial charge in [-0.1, -0.05) is 0 Å². The Balaban J connectivity index is 2.12. The van der Waals surface area contributed by atoms with Crippen LogP contribution in [0.15, 0.2) is 16.8 Å². The lowest BCUT2D eigenvalue weighted by Crippen LogP contribution is -2.21. The zero-order valence-electron chi connectivity index (χ0n) is 10.1. The molecule has 1 amide bonds. The highest BCUT2D eigenvalue weighted by molar-refractivity contribution is 8.01. The van der Waals surface area contributed by atoms with E-state index in [0.717, 1.165) is 11.3 Å². The fraction of sp³-hybridized carbons (Fsp3) is 0.333. The van der Waals surface area contributed by atoms with Gasteiger partial charge >= 0.3 is 0 Å². The molecule has 4 nitrogen and oxygen atoms in total. The number of aromatic amines is 1. The van der Waals surface area contributed by atoms with Crippen molar-refractivity contribution in [3.8, 4) is 0 Å². The summed E-state index contributed by atoms with van der Waals surface area (Å²) in [5, 5.41) is 14.3. The minimum Gasteiger partial charge on any atom is -0.308 e. The third kappa shape index (κ3) is 1.85. The number of aromatic nitrogens is 2. The molecule has 3 heterocycles. The van der Waals surface area contributed by atoms with Crippen molar-refractivity contribution in [2.75, 3.05) is 5.32 Å². The summed E-state index contributed by atoms with van der Waals surface area (Å²) in [6.45, 7) is 3.93. The molecule has 6 heteroatoms. The van der Waals surface area contributed by atoms with Gasteiger partial charge in [0, 0.05) is 11.3 Å². The van der Waals surface area contributed by atoms with Crippen LogP contribution in [0.2, 0.25) is 0 Å².